The number of methoxy groups -OCH3 is 1. The summed E-state index contributed by atoms with van der Waals surface area (Å²) in [5, 5.41) is 13.8. The summed E-state index contributed by atoms with van der Waals surface area (Å²) in [6, 6.07) is 15.8. The Labute approximate surface area is 235 Å². The monoisotopic (exact) mass is 541 g/mol. The van der Waals surface area contributed by atoms with E-state index in [1.165, 1.54) is 25.3 Å². The molecule has 1 unspecified atom stereocenters. The van der Waals surface area contributed by atoms with Gasteiger partial charge in [-0.15, -0.1) is 0 Å². The van der Waals surface area contributed by atoms with Crippen molar-refractivity contribution in [1.29, 1.82) is 5.41 Å². The Bertz CT molecular complexity index is 1450. The lowest BCUT2D eigenvalue weighted by Gasteiger charge is -2.28. The number of benzene rings is 2. The number of carbonyl (C=O) groups is 2. The molecule has 0 aliphatic carbocycles. The Balaban J connectivity index is 2.11. The van der Waals surface area contributed by atoms with E-state index < -0.39 is 23.6 Å². The van der Waals surface area contributed by atoms with Gasteiger partial charge in [0.2, 0.25) is 5.91 Å². The van der Waals surface area contributed by atoms with Crippen LogP contribution in [0.15, 0.2) is 54.6 Å². The first-order chi connectivity index (χ1) is 19.0. The van der Waals surface area contributed by atoms with Crippen molar-refractivity contribution in [3.63, 3.8) is 0 Å². The predicted octanol–water partition coefficient (Wildman–Crippen LogP) is 5.39. The number of ether oxygens (including phenoxy) is 2. The topological polar surface area (TPSA) is 117 Å². The number of carbonyl (C=O) groups excluding carboxylic acids is 2. The van der Waals surface area contributed by atoms with Gasteiger partial charge in [0.1, 0.15) is 17.5 Å². The molecule has 2 aromatic carbocycles. The molecule has 3 N–H and O–H groups in total. The van der Waals surface area contributed by atoms with Crippen LogP contribution in [0.3, 0.4) is 0 Å². The van der Waals surface area contributed by atoms with Gasteiger partial charge in [-0.25, -0.2) is 9.78 Å². The number of hydrogen-bond acceptors (Lipinski definition) is 7. The van der Waals surface area contributed by atoms with Gasteiger partial charge in [0.05, 0.1) is 12.8 Å². The van der Waals surface area contributed by atoms with E-state index in [0.29, 0.717) is 28.3 Å². The number of aromatic nitrogens is 1. The number of pyridine rings is 1. The predicted molar refractivity (Wildman–Crippen MR) is 158 cm³/mol. The molecule has 0 saturated heterocycles. The number of rotatable bonds is 7. The minimum absolute atomic E-state index is 0.227. The molecule has 0 saturated carbocycles. The highest BCUT2D eigenvalue weighted by Gasteiger charge is 2.28. The van der Waals surface area contributed by atoms with Crippen LogP contribution in [-0.2, 0) is 9.53 Å². The summed E-state index contributed by atoms with van der Waals surface area (Å²) in [7, 11) is 4.81. The van der Waals surface area contributed by atoms with Gasteiger partial charge >= 0.3 is 6.09 Å². The fraction of sp³-hybridized carbons (Fsp3) is 0.290. The molecule has 3 aromatic rings. The molecule has 2 amide bonds. The second kappa shape index (κ2) is 12.8. The van der Waals surface area contributed by atoms with Gasteiger partial charge in [0.25, 0.3) is 0 Å². The Hall–Kier alpha value is -4.84. The van der Waals surface area contributed by atoms with E-state index in [4.69, 9.17) is 14.9 Å². The average Bonchev–Trinajstić information content (AvgIpc) is 2.93. The van der Waals surface area contributed by atoms with Crippen molar-refractivity contribution in [2.45, 2.75) is 39.3 Å². The van der Waals surface area contributed by atoms with E-state index in [0.717, 1.165) is 11.1 Å². The summed E-state index contributed by atoms with van der Waals surface area (Å²) in [4.78, 5) is 31.6. The van der Waals surface area contributed by atoms with Gasteiger partial charge in [-0.3, -0.25) is 9.69 Å². The minimum Gasteiger partial charge on any atom is -0.493 e. The van der Waals surface area contributed by atoms with Gasteiger partial charge in [-0.2, -0.15) is 0 Å². The van der Waals surface area contributed by atoms with Crippen LogP contribution in [0.4, 0.5) is 16.3 Å². The van der Waals surface area contributed by atoms with Crippen molar-refractivity contribution in [3.05, 3.63) is 71.4 Å². The smallest absolute Gasteiger partial charge is 0.410 e. The maximum atomic E-state index is 13.2. The Morgan fingerprint density at radius 1 is 1.07 bits per heavy atom. The summed E-state index contributed by atoms with van der Waals surface area (Å²) >= 11 is 0. The van der Waals surface area contributed by atoms with Crippen LogP contribution in [0.2, 0.25) is 0 Å². The molecule has 0 aliphatic heterocycles. The van der Waals surface area contributed by atoms with Crippen LogP contribution in [-0.4, -0.2) is 60.9 Å². The largest absolute Gasteiger partial charge is 0.493 e. The van der Waals surface area contributed by atoms with Crippen LogP contribution in [0.5, 0.6) is 5.75 Å². The molecule has 40 heavy (non-hydrogen) atoms. The SMILES string of the molecule is CNc1c(C=N)cccc1-c1cc(NC(=O)C(C)N(C)C(=O)OC(C)(C)C)nc(C#Cc2ccccc2)c1OC. The minimum atomic E-state index is -0.852. The molecule has 9 nitrogen and oxygen atoms in total. The van der Waals surface area contributed by atoms with Gasteiger partial charge in [-0.05, 0) is 51.8 Å². The summed E-state index contributed by atoms with van der Waals surface area (Å²) in [5.41, 5.74) is 3.14. The third-order valence-corrected chi connectivity index (χ3v) is 5.96. The van der Waals surface area contributed by atoms with E-state index in [1.54, 1.807) is 40.8 Å². The standard InChI is InChI=1S/C31H35N5O4/c1-20(36(6)30(38)40-31(2,3)4)29(37)35-26-18-24(23-15-11-14-22(19-32)27(23)33-5)28(39-7)25(34-26)17-16-21-12-9-8-10-13-21/h8-15,18-20,32-33H,1-7H3,(H,34,35,37). The fourth-order valence-electron chi connectivity index (χ4n) is 3.83. The van der Waals surface area contributed by atoms with Gasteiger partial charge in [0, 0.05) is 42.6 Å². The van der Waals surface area contributed by atoms with Crippen LogP contribution in [0, 0.1) is 17.3 Å². The molecule has 0 aliphatic rings. The van der Waals surface area contributed by atoms with Crippen LogP contribution < -0.4 is 15.4 Å². The van der Waals surface area contributed by atoms with Gasteiger partial charge < -0.3 is 25.5 Å². The lowest BCUT2D eigenvalue weighted by Crippen LogP contribution is -2.45. The third kappa shape index (κ3) is 7.17. The molecule has 1 atom stereocenters. The molecule has 0 bridgehead atoms. The van der Waals surface area contributed by atoms with E-state index in [2.05, 4.69) is 27.5 Å². The number of para-hydroxylation sites is 1. The average molecular weight is 542 g/mol. The second-order valence-corrected chi connectivity index (χ2v) is 9.97. The maximum Gasteiger partial charge on any atom is 0.410 e. The molecule has 1 aromatic heterocycles. The van der Waals surface area contributed by atoms with Gasteiger partial charge in [-0.1, -0.05) is 42.3 Å². The fourth-order valence-corrected chi connectivity index (χ4v) is 3.83. The number of nitrogens with one attached hydrogen (secondary N) is 3. The molecular weight excluding hydrogens is 506 g/mol. The number of amides is 2. The lowest BCUT2D eigenvalue weighted by molar-refractivity contribution is -0.120. The summed E-state index contributed by atoms with van der Waals surface area (Å²) in [5.74, 6) is 6.36. The first-order valence-electron chi connectivity index (χ1n) is 12.7. The van der Waals surface area contributed by atoms with E-state index in [1.807, 2.05) is 48.5 Å². The van der Waals surface area contributed by atoms with Crippen molar-refractivity contribution in [2.24, 2.45) is 0 Å². The number of hydrogen-bond donors (Lipinski definition) is 3. The van der Waals surface area contributed by atoms with Crippen molar-refractivity contribution < 1.29 is 19.1 Å². The normalized spacial score (nSPS) is 11.4. The highest BCUT2D eigenvalue weighted by atomic mass is 16.6. The van der Waals surface area contributed by atoms with Crippen LogP contribution in [0.25, 0.3) is 11.1 Å². The first-order valence-corrected chi connectivity index (χ1v) is 12.7. The molecule has 0 fully saturated rings. The lowest BCUT2D eigenvalue weighted by atomic mass is 9.99. The molecule has 9 heteroatoms. The van der Waals surface area contributed by atoms with Crippen molar-refractivity contribution in [2.75, 3.05) is 31.8 Å². The zero-order valence-electron chi connectivity index (χ0n) is 23.9. The Kier molecular flexibility index (Phi) is 9.51. The molecule has 0 spiro atoms. The quantitative estimate of drug-likeness (QED) is 0.273. The Morgan fingerprint density at radius 2 is 1.77 bits per heavy atom. The molecule has 0 radical (unpaired) electrons. The zero-order valence-corrected chi connectivity index (χ0v) is 23.9. The Morgan fingerprint density at radius 3 is 2.38 bits per heavy atom. The van der Waals surface area contributed by atoms with Crippen molar-refractivity contribution >= 4 is 29.7 Å². The molecular formula is C31H35N5O4. The maximum absolute atomic E-state index is 13.2. The van der Waals surface area contributed by atoms with Crippen LogP contribution in [0.1, 0.15) is 44.5 Å². The number of nitrogens with zero attached hydrogens (tertiary/aromatic N) is 2. The second-order valence-electron chi connectivity index (χ2n) is 9.97. The van der Waals surface area contributed by atoms with Gasteiger partial charge in [0.15, 0.2) is 11.4 Å². The van der Waals surface area contributed by atoms with E-state index >= 15 is 0 Å². The van der Waals surface area contributed by atoms with E-state index in [-0.39, 0.29) is 5.82 Å². The summed E-state index contributed by atoms with van der Waals surface area (Å²) < 4.78 is 11.2. The number of anilines is 2. The van der Waals surface area contributed by atoms with Crippen molar-refractivity contribution in [1.82, 2.24) is 9.88 Å². The highest BCUT2D eigenvalue weighted by molar-refractivity contribution is 5.98. The number of likely N-dealkylation sites (N-methyl/N-ethyl adjacent to an activating group) is 1. The molecule has 3 rings (SSSR count). The molecule has 1 heterocycles. The third-order valence-electron chi connectivity index (χ3n) is 5.96. The zero-order chi connectivity index (χ0) is 29.4. The first kappa shape index (κ1) is 29.7. The summed E-state index contributed by atoms with van der Waals surface area (Å²) in [6.07, 6.45) is 0.644. The van der Waals surface area contributed by atoms with Crippen LogP contribution >= 0.6 is 0 Å². The molecule has 208 valence electrons. The van der Waals surface area contributed by atoms with E-state index in [9.17, 15) is 9.59 Å². The highest BCUT2D eigenvalue weighted by Crippen LogP contribution is 2.39. The van der Waals surface area contributed by atoms with Crippen molar-refractivity contribution in [3.8, 4) is 28.7 Å². The summed E-state index contributed by atoms with van der Waals surface area (Å²) in [6.45, 7) is 6.89.